The number of nitrogens with two attached hydrogens (primary N) is 1. The number of nitrogens with zero attached hydrogens (tertiary/aromatic N) is 2. The third-order valence-corrected chi connectivity index (χ3v) is 6.19. The molecule has 0 radical (unpaired) electrons. The molecule has 0 aliphatic heterocycles. The van der Waals surface area contributed by atoms with E-state index in [4.69, 9.17) is 15.7 Å². The predicted molar refractivity (Wildman–Crippen MR) is 113 cm³/mol. The van der Waals surface area contributed by atoms with Crippen LogP contribution < -0.4 is 16.4 Å². The second kappa shape index (κ2) is 8.42. The smallest absolute Gasteiger partial charge is 0.225 e. The SMILES string of the molecule is C[C@@H](Nc1nc(NCC2CCCCC2)nc2c(CCN)cccc12)C1CC1. The highest BCUT2D eigenvalue weighted by molar-refractivity contribution is 5.92. The molecule has 2 aliphatic carbocycles. The Balaban J connectivity index is 1.61. The lowest BCUT2D eigenvalue weighted by Crippen LogP contribution is -2.21. The summed E-state index contributed by atoms with van der Waals surface area (Å²) in [7, 11) is 0. The van der Waals surface area contributed by atoms with Gasteiger partial charge in [0, 0.05) is 18.0 Å². The maximum absolute atomic E-state index is 5.84. The summed E-state index contributed by atoms with van der Waals surface area (Å²) in [5.41, 5.74) is 8.08. The van der Waals surface area contributed by atoms with Gasteiger partial charge in [-0.2, -0.15) is 4.98 Å². The van der Waals surface area contributed by atoms with Crippen LogP contribution >= 0.6 is 0 Å². The van der Waals surface area contributed by atoms with E-state index in [1.54, 1.807) is 0 Å². The quantitative estimate of drug-likeness (QED) is 0.647. The van der Waals surface area contributed by atoms with E-state index in [1.807, 2.05) is 0 Å². The Hall–Kier alpha value is -1.88. The number of aromatic nitrogens is 2. The van der Waals surface area contributed by atoms with Crippen molar-refractivity contribution in [3.8, 4) is 0 Å². The van der Waals surface area contributed by atoms with Crippen molar-refractivity contribution < 1.29 is 0 Å². The first-order chi connectivity index (χ1) is 13.2. The Morgan fingerprint density at radius 1 is 1.11 bits per heavy atom. The molecule has 0 amide bonds. The fourth-order valence-electron chi connectivity index (χ4n) is 4.31. The van der Waals surface area contributed by atoms with E-state index in [1.165, 1.54) is 50.5 Å². The number of hydrogen-bond donors (Lipinski definition) is 3. The average Bonchev–Trinajstić information content (AvgIpc) is 3.53. The Morgan fingerprint density at radius 3 is 2.67 bits per heavy atom. The summed E-state index contributed by atoms with van der Waals surface area (Å²) < 4.78 is 0. The van der Waals surface area contributed by atoms with Crippen molar-refractivity contribution in [2.45, 2.75) is 64.3 Å². The topological polar surface area (TPSA) is 75.9 Å². The van der Waals surface area contributed by atoms with Crippen molar-refractivity contribution in [2.75, 3.05) is 23.7 Å². The average molecular weight is 368 g/mol. The van der Waals surface area contributed by atoms with Crippen LogP contribution in [0.2, 0.25) is 0 Å². The van der Waals surface area contributed by atoms with Gasteiger partial charge in [-0.05, 0) is 69.0 Å². The summed E-state index contributed by atoms with van der Waals surface area (Å²) >= 11 is 0. The molecule has 1 aromatic heterocycles. The largest absolute Gasteiger partial charge is 0.367 e. The molecule has 4 rings (SSSR count). The van der Waals surface area contributed by atoms with Gasteiger partial charge in [0.15, 0.2) is 0 Å². The van der Waals surface area contributed by atoms with Crippen LogP contribution in [0.15, 0.2) is 18.2 Å². The van der Waals surface area contributed by atoms with E-state index < -0.39 is 0 Å². The van der Waals surface area contributed by atoms with Crippen LogP contribution in [0.1, 0.15) is 57.4 Å². The summed E-state index contributed by atoms with van der Waals surface area (Å²) in [6.45, 7) is 3.88. The van der Waals surface area contributed by atoms with E-state index in [-0.39, 0.29) is 0 Å². The number of rotatable bonds is 8. The van der Waals surface area contributed by atoms with Gasteiger partial charge < -0.3 is 16.4 Å². The molecule has 2 aromatic rings. The van der Waals surface area contributed by atoms with Gasteiger partial charge in [0.05, 0.1) is 5.52 Å². The molecule has 2 fully saturated rings. The lowest BCUT2D eigenvalue weighted by molar-refractivity contribution is 0.373. The number of fused-ring (bicyclic) bond motifs is 1. The third-order valence-electron chi connectivity index (χ3n) is 6.19. The zero-order valence-corrected chi connectivity index (χ0v) is 16.5. The van der Waals surface area contributed by atoms with Crippen molar-refractivity contribution in [3.63, 3.8) is 0 Å². The number of hydrogen-bond acceptors (Lipinski definition) is 5. The first kappa shape index (κ1) is 18.5. The van der Waals surface area contributed by atoms with E-state index in [0.717, 1.165) is 47.5 Å². The molecular weight excluding hydrogens is 334 g/mol. The fourth-order valence-corrected chi connectivity index (χ4v) is 4.31. The number of para-hydroxylation sites is 1. The molecule has 0 spiro atoms. The molecule has 27 heavy (non-hydrogen) atoms. The van der Waals surface area contributed by atoms with Gasteiger partial charge in [-0.25, -0.2) is 4.98 Å². The molecule has 4 N–H and O–H groups in total. The lowest BCUT2D eigenvalue weighted by atomic mass is 9.89. The van der Waals surface area contributed by atoms with Gasteiger partial charge in [0.25, 0.3) is 0 Å². The molecule has 2 aliphatic rings. The van der Waals surface area contributed by atoms with Crippen molar-refractivity contribution in [3.05, 3.63) is 23.8 Å². The van der Waals surface area contributed by atoms with E-state index in [0.29, 0.717) is 12.6 Å². The molecule has 1 heterocycles. The fraction of sp³-hybridized carbons (Fsp3) is 0.636. The van der Waals surface area contributed by atoms with Gasteiger partial charge in [-0.1, -0.05) is 31.4 Å². The van der Waals surface area contributed by atoms with Gasteiger partial charge in [0.2, 0.25) is 5.95 Å². The summed E-state index contributed by atoms with van der Waals surface area (Å²) in [5, 5.41) is 8.32. The molecule has 1 aromatic carbocycles. The number of anilines is 2. The zero-order valence-electron chi connectivity index (χ0n) is 16.5. The van der Waals surface area contributed by atoms with Gasteiger partial charge in [-0.3, -0.25) is 0 Å². The first-order valence-electron chi connectivity index (χ1n) is 10.7. The van der Waals surface area contributed by atoms with Crippen LogP contribution in [0.25, 0.3) is 10.9 Å². The Kier molecular flexibility index (Phi) is 5.77. The minimum absolute atomic E-state index is 0.451. The van der Waals surface area contributed by atoms with Crippen LogP contribution in [0.4, 0.5) is 11.8 Å². The Bertz CT molecular complexity index is 765. The minimum Gasteiger partial charge on any atom is -0.367 e. The molecule has 2 saturated carbocycles. The highest BCUT2D eigenvalue weighted by atomic mass is 15.2. The molecule has 0 unspecified atom stereocenters. The summed E-state index contributed by atoms with van der Waals surface area (Å²) in [5.74, 6) is 3.24. The third kappa shape index (κ3) is 4.52. The summed E-state index contributed by atoms with van der Waals surface area (Å²) in [4.78, 5) is 9.76. The predicted octanol–water partition coefficient (Wildman–Crippen LogP) is 4.33. The molecule has 1 atom stereocenters. The van der Waals surface area contributed by atoms with E-state index in [2.05, 4.69) is 35.8 Å². The monoisotopic (exact) mass is 367 g/mol. The second-order valence-corrected chi connectivity index (χ2v) is 8.40. The van der Waals surface area contributed by atoms with Crippen LogP contribution in [-0.2, 0) is 6.42 Å². The first-order valence-corrected chi connectivity index (χ1v) is 10.7. The Labute approximate surface area is 162 Å². The van der Waals surface area contributed by atoms with Gasteiger partial charge in [0.1, 0.15) is 5.82 Å². The van der Waals surface area contributed by atoms with Gasteiger partial charge >= 0.3 is 0 Å². The van der Waals surface area contributed by atoms with Crippen molar-refractivity contribution in [1.29, 1.82) is 0 Å². The van der Waals surface area contributed by atoms with Crippen molar-refractivity contribution >= 4 is 22.7 Å². The molecule has 0 bridgehead atoms. The van der Waals surface area contributed by atoms with E-state index in [9.17, 15) is 0 Å². The van der Waals surface area contributed by atoms with Crippen LogP contribution in [-0.4, -0.2) is 29.1 Å². The van der Waals surface area contributed by atoms with Crippen LogP contribution in [0.3, 0.4) is 0 Å². The van der Waals surface area contributed by atoms with Crippen LogP contribution in [0.5, 0.6) is 0 Å². The standard InChI is InChI=1S/C22H33N5/c1-15(17-10-11-17)25-21-19-9-5-8-18(12-13-23)20(19)26-22(27-21)24-14-16-6-3-2-4-7-16/h5,8-9,15-17H,2-4,6-7,10-14,23H2,1H3,(H2,24,25,26,27)/t15-/m1/s1. The molecule has 0 saturated heterocycles. The zero-order chi connectivity index (χ0) is 18.6. The molecule has 146 valence electrons. The highest BCUT2D eigenvalue weighted by Crippen LogP contribution is 2.35. The maximum atomic E-state index is 5.84. The molecule has 5 heteroatoms. The normalized spacial score (nSPS) is 19.2. The van der Waals surface area contributed by atoms with Gasteiger partial charge in [-0.15, -0.1) is 0 Å². The Morgan fingerprint density at radius 2 is 1.93 bits per heavy atom. The van der Waals surface area contributed by atoms with E-state index >= 15 is 0 Å². The minimum atomic E-state index is 0.451. The maximum Gasteiger partial charge on any atom is 0.225 e. The second-order valence-electron chi connectivity index (χ2n) is 8.40. The number of nitrogens with one attached hydrogen (secondary N) is 2. The van der Waals surface area contributed by atoms with Crippen LogP contribution in [0, 0.1) is 11.8 Å². The summed E-state index contributed by atoms with van der Waals surface area (Å²) in [6, 6.07) is 6.81. The van der Waals surface area contributed by atoms with Crippen molar-refractivity contribution in [1.82, 2.24) is 9.97 Å². The highest BCUT2D eigenvalue weighted by Gasteiger charge is 2.28. The molecular formula is C22H33N5. The van der Waals surface area contributed by atoms with Crippen molar-refractivity contribution in [2.24, 2.45) is 17.6 Å². The lowest BCUT2D eigenvalue weighted by Gasteiger charge is -2.22. The molecule has 5 nitrogen and oxygen atoms in total. The summed E-state index contributed by atoms with van der Waals surface area (Å²) in [6.07, 6.45) is 10.2. The number of benzene rings is 1.